The lowest BCUT2D eigenvalue weighted by atomic mass is 10.1. The van der Waals surface area contributed by atoms with Crippen LogP contribution >= 0.6 is 11.6 Å². The van der Waals surface area contributed by atoms with E-state index in [0.717, 1.165) is 6.07 Å². The average molecular weight is 322 g/mol. The normalized spacial score (nSPS) is 13.1. The number of methoxy groups -OCH3 is 1. The second-order valence-corrected chi connectivity index (χ2v) is 6.23. The van der Waals surface area contributed by atoms with E-state index in [-0.39, 0.29) is 27.7 Å². The lowest BCUT2D eigenvalue weighted by Gasteiger charge is -2.13. The molecule has 0 amide bonds. The molecule has 1 aromatic carbocycles. The van der Waals surface area contributed by atoms with Gasteiger partial charge in [0, 0.05) is 12.1 Å². The molecule has 0 bridgehead atoms. The van der Waals surface area contributed by atoms with Crippen LogP contribution in [0, 0.1) is 6.92 Å². The number of carbonyl (C=O) groups is 1. The van der Waals surface area contributed by atoms with Crippen molar-refractivity contribution in [3.05, 3.63) is 28.3 Å². The van der Waals surface area contributed by atoms with E-state index in [2.05, 4.69) is 0 Å². The largest absolute Gasteiger partial charge is 0.457 e. The average Bonchev–Trinajstić information content (AvgIpc) is 2.30. The summed E-state index contributed by atoms with van der Waals surface area (Å²) < 4.78 is 32.8. The first kappa shape index (κ1) is 16.9. The smallest absolute Gasteiger partial charge is 0.338 e. The van der Waals surface area contributed by atoms with Gasteiger partial charge in [-0.2, -0.15) is 0 Å². The highest BCUT2D eigenvalue weighted by atomic mass is 35.5. The molecule has 0 aliphatic carbocycles. The van der Waals surface area contributed by atoms with Crippen LogP contribution in [-0.4, -0.2) is 34.2 Å². The predicted molar refractivity (Wildman–Crippen MR) is 74.3 cm³/mol. The Morgan fingerprint density at radius 2 is 2.05 bits per heavy atom. The zero-order chi connectivity index (χ0) is 15.5. The predicted octanol–water partition coefficient (Wildman–Crippen LogP) is 1.49. The summed E-state index contributed by atoms with van der Waals surface area (Å²) in [4.78, 5) is 11.7. The van der Waals surface area contributed by atoms with Crippen molar-refractivity contribution in [2.75, 3.05) is 13.7 Å². The molecule has 1 unspecified atom stereocenters. The summed E-state index contributed by atoms with van der Waals surface area (Å²) in [6.07, 6.45) is -0.467. The van der Waals surface area contributed by atoms with E-state index in [1.807, 2.05) is 0 Å². The Bertz CT molecular complexity index is 615. The monoisotopic (exact) mass is 321 g/mol. The van der Waals surface area contributed by atoms with Crippen LogP contribution in [0.2, 0.25) is 5.02 Å². The molecule has 1 aromatic rings. The van der Waals surface area contributed by atoms with Crippen LogP contribution in [0.25, 0.3) is 0 Å². The maximum atomic E-state index is 11.9. The van der Waals surface area contributed by atoms with E-state index in [4.69, 9.17) is 26.2 Å². The van der Waals surface area contributed by atoms with E-state index >= 15 is 0 Å². The highest BCUT2D eigenvalue weighted by Gasteiger charge is 2.20. The van der Waals surface area contributed by atoms with Crippen molar-refractivity contribution in [1.82, 2.24) is 0 Å². The van der Waals surface area contributed by atoms with Gasteiger partial charge < -0.3 is 9.47 Å². The SMILES string of the molecule is COCC(C)OC(=O)c1cc(Cl)c(C)c(S(N)(=O)=O)c1. The van der Waals surface area contributed by atoms with Crippen LogP contribution in [0.4, 0.5) is 0 Å². The third kappa shape index (κ3) is 4.17. The Balaban J connectivity index is 3.15. The molecular weight excluding hydrogens is 306 g/mol. The first-order valence-corrected chi connectivity index (χ1v) is 7.62. The minimum atomic E-state index is -3.97. The zero-order valence-electron chi connectivity index (χ0n) is 11.3. The van der Waals surface area contributed by atoms with Gasteiger partial charge in [0.2, 0.25) is 10.0 Å². The molecule has 8 heteroatoms. The van der Waals surface area contributed by atoms with Gasteiger partial charge in [0.05, 0.1) is 17.1 Å². The van der Waals surface area contributed by atoms with Crippen molar-refractivity contribution < 1.29 is 22.7 Å². The Kier molecular flexibility index (Phi) is 5.52. The van der Waals surface area contributed by atoms with Gasteiger partial charge in [0.15, 0.2) is 0 Å². The van der Waals surface area contributed by atoms with E-state index in [0.29, 0.717) is 0 Å². The lowest BCUT2D eigenvalue weighted by Crippen LogP contribution is -2.20. The van der Waals surface area contributed by atoms with E-state index in [1.165, 1.54) is 20.1 Å². The highest BCUT2D eigenvalue weighted by Crippen LogP contribution is 2.25. The van der Waals surface area contributed by atoms with Crippen molar-refractivity contribution in [2.24, 2.45) is 5.14 Å². The molecule has 0 aliphatic heterocycles. The molecule has 0 heterocycles. The molecule has 0 spiro atoms. The molecule has 2 N–H and O–H groups in total. The summed E-state index contributed by atoms with van der Waals surface area (Å²) in [6, 6.07) is 2.49. The number of ether oxygens (including phenoxy) is 2. The highest BCUT2D eigenvalue weighted by molar-refractivity contribution is 7.89. The molecule has 6 nitrogen and oxygen atoms in total. The van der Waals surface area contributed by atoms with Crippen molar-refractivity contribution in [3.8, 4) is 0 Å². The first-order valence-electron chi connectivity index (χ1n) is 5.69. The Labute approximate surface area is 122 Å². The molecule has 112 valence electrons. The second-order valence-electron chi connectivity index (χ2n) is 4.30. The molecule has 1 atom stereocenters. The Morgan fingerprint density at radius 1 is 1.45 bits per heavy atom. The topological polar surface area (TPSA) is 95.7 Å². The minimum Gasteiger partial charge on any atom is -0.457 e. The van der Waals surface area contributed by atoms with Crippen LogP contribution in [-0.2, 0) is 19.5 Å². The fraction of sp³-hybridized carbons (Fsp3) is 0.417. The number of hydrogen-bond donors (Lipinski definition) is 1. The van der Waals surface area contributed by atoms with E-state index in [1.54, 1.807) is 6.92 Å². The molecule has 0 saturated carbocycles. The van der Waals surface area contributed by atoms with E-state index < -0.39 is 22.1 Å². The van der Waals surface area contributed by atoms with Crippen molar-refractivity contribution in [1.29, 1.82) is 0 Å². The summed E-state index contributed by atoms with van der Waals surface area (Å²) >= 11 is 5.91. The number of halogens is 1. The molecule has 0 aromatic heterocycles. The quantitative estimate of drug-likeness (QED) is 0.829. The third-order valence-electron chi connectivity index (χ3n) is 2.55. The maximum Gasteiger partial charge on any atom is 0.338 e. The lowest BCUT2D eigenvalue weighted by molar-refractivity contribution is 0.0120. The molecule has 0 radical (unpaired) electrons. The van der Waals surface area contributed by atoms with Crippen molar-refractivity contribution in [2.45, 2.75) is 24.8 Å². The number of hydrogen-bond acceptors (Lipinski definition) is 5. The standard InChI is InChI=1S/C12H16ClNO5S/c1-7(6-18-3)19-12(15)9-4-10(13)8(2)11(5-9)20(14,16)17/h4-5,7H,6H2,1-3H3,(H2,14,16,17). The van der Waals surface area contributed by atoms with Crippen molar-refractivity contribution >= 4 is 27.6 Å². The van der Waals surface area contributed by atoms with Crippen molar-refractivity contribution in [3.63, 3.8) is 0 Å². The summed E-state index contributed by atoms with van der Waals surface area (Å²) in [5, 5.41) is 5.21. The number of primary sulfonamides is 1. The Morgan fingerprint density at radius 3 is 2.55 bits per heavy atom. The number of rotatable bonds is 5. The molecule has 0 fully saturated rings. The van der Waals surface area contributed by atoms with Gasteiger partial charge in [0.25, 0.3) is 0 Å². The van der Waals surface area contributed by atoms with Crippen LogP contribution in [0.5, 0.6) is 0 Å². The van der Waals surface area contributed by atoms with Gasteiger partial charge in [-0.15, -0.1) is 0 Å². The third-order valence-corrected chi connectivity index (χ3v) is 3.98. The van der Waals surface area contributed by atoms with E-state index in [9.17, 15) is 13.2 Å². The van der Waals surface area contributed by atoms with Crippen LogP contribution in [0.15, 0.2) is 17.0 Å². The number of nitrogens with two attached hydrogens (primary N) is 1. The number of benzene rings is 1. The van der Waals surface area contributed by atoms with Gasteiger partial charge in [-0.25, -0.2) is 18.4 Å². The molecule has 20 heavy (non-hydrogen) atoms. The molecule has 0 saturated heterocycles. The molecule has 0 aliphatic rings. The fourth-order valence-electron chi connectivity index (χ4n) is 1.59. The van der Waals surface area contributed by atoms with Gasteiger partial charge in [-0.1, -0.05) is 11.6 Å². The van der Waals surface area contributed by atoms with Crippen LogP contribution < -0.4 is 5.14 Å². The fourth-order valence-corrected chi connectivity index (χ4v) is 2.69. The first-order chi connectivity index (χ1) is 9.16. The minimum absolute atomic E-state index is 0.0209. The summed E-state index contributed by atoms with van der Waals surface area (Å²) in [5.41, 5.74) is 0.309. The summed E-state index contributed by atoms with van der Waals surface area (Å²) in [5.74, 6) is -0.693. The summed E-state index contributed by atoms with van der Waals surface area (Å²) in [6.45, 7) is 3.38. The van der Waals surface area contributed by atoms with Gasteiger partial charge >= 0.3 is 5.97 Å². The Hall–Kier alpha value is -1.15. The van der Waals surface area contributed by atoms with Crippen LogP contribution in [0.1, 0.15) is 22.8 Å². The molecular formula is C12H16ClNO5S. The van der Waals surface area contributed by atoms with Gasteiger partial charge in [0.1, 0.15) is 6.10 Å². The number of esters is 1. The van der Waals surface area contributed by atoms with Crippen LogP contribution in [0.3, 0.4) is 0 Å². The summed E-state index contributed by atoms with van der Waals surface area (Å²) in [7, 11) is -2.49. The van der Waals surface area contributed by atoms with Gasteiger partial charge in [-0.05, 0) is 31.5 Å². The zero-order valence-corrected chi connectivity index (χ0v) is 12.9. The number of sulfonamides is 1. The number of carbonyl (C=O) groups excluding carboxylic acids is 1. The van der Waals surface area contributed by atoms with Gasteiger partial charge in [-0.3, -0.25) is 0 Å². The molecule has 1 rings (SSSR count). The maximum absolute atomic E-state index is 11.9. The second kappa shape index (κ2) is 6.53.